The Labute approximate surface area is 218 Å². The zero-order chi connectivity index (χ0) is 26.5. The van der Waals surface area contributed by atoms with Gasteiger partial charge in [0.05, 0.1) is 20.8 Å². The van der Waals surface area contributed by atoms with Gasteiger partial charge in [-0.25, -0.2) is 0 Å². The zero-order valence-corrected chi connectivity index (χ0v) is 21.6. The van der Waals surface area contributed by atoms with Crippen molar-refractivity contribution < 1.29 is 23.8 Å². The maximum Gasteiger partial charge on any atom is 0.256 e. The fourth-order valence-electron chi connectivity index (χ4n) is 3.64. The van der Waals surface area contributed by atoms with E-state index in [2.05, 4.69) is 10.6 Å². The number of carbonyl (C=O) groups excluding carboxylic acids is 2. The molecule has 0 saturated heterocycles. The van der Waals surface area contributed by atoms with Gasteiger partial charge in [0.2, 0.25) is 0 Å². The number of hydrogen-bond donors (Lipinski definition) is 2. The fourth-order valence-corrected chi connectivity index (χ4v) is 3.64. The second kappa shape index (κ2) is 14.3. The second-order valence-electron chi connectivity index (χ2n) is 8.27. The highest BCUT2D eigenvalue weighted by atomic mass is 16.5. The molecule has 2 amide bonds. The lowest BCUT2D eigenvalue weighted by molar-refractivity contribution is -0.123. The molecular formula is C30H34N2O5. The molecule has 0 saturated carbocycles. The topological polar surface area (TPSA) is 85.9 Å². The number of methoxy groups -OCH3 is 2. The normalized spacial score (nSPS) is 10.2. The number of ether oxygens (including phenoxy) is 3. The van der Waals surface area contributed by atoms with E-state index in [4.69, 9.17) is 14.2 Å². The molecule has 0 atom stereocenters. The van der Waals surface area contributed by atoms with Crippen molar-refractivity contribution in [1.29, 1.82) is 0 Å². The first kappa shape index (κ1) is 27.3. The summed E-state index contributed by atoms with van der Waals surface area (Å²) >= 11 is 0. The lowest BCUT2D eigenvalue weighted by atomic mass is 10.1. The van der Waals surface area contributed by atoms with Gasteiger partial charge < -0.3 is 24.8 Å². The number of rotatable bonds is 13. The SMILES string of the molecule is CCOc1ccc(C=C(C(=O)NCCc2ccc(OC)cc2)C(=O)NCCc2ccc(OC)cc2)cc1. The molecule has 2 N–H and O–H groups in total. The number of carbonyl (C=O) groups is 2. The quantitative estimate of drug-likeness (QED) is 0.208. The second-order valence-corrected chi connectivity index (χ2v) is 8.27. The van der Waals surface area contributed by atoms with E-state index in [0.29, 0.717) is 32.5 Å². The summed E-state index contributed by atoms with van der Waals surface area (Å²) in [5, 5.41) is 5.75. The summed E-state index contributed by atoms with van der Waals surface area (Å²) in [4.78, 5) is 26.1. The minimum atomic E-state index is -0.427. The van der Waals surface area contributed by atoms with Gasteiger partial charge in [-0.15, -0.1) is 0 Å². The average molecular weight is 503 g/mol. The smallest absolute Gasteiger partial charge is 0.256 e. The van der Waals surface area contributed by atoms with Crippen LogP contribution in [0.1, 0.15) is 23.6 Å². The van der Waals surface area contributed by atoms with Gasteiger partial charge in [0.25, 0.3) is 11.8 Å². The summed E-state index contributed by atoms with van der Waals surface area (Å²) in [6.45, 7) is 3.27. The Balaban J connectivity index is 1.65. The van der Waals surface area contributed by atoms with Crippen LogP contribution in [0.25, 0.3) is 6.08 Å². The molecular weight excluding hydrogens is 468 g/mol. The molecule has 0 spiro atoms. The molecule has 0 unspecified atom stereocenters. The van der Waals surface area contributed by atoms with Crippen LogP contribution >= 0.6 is 0 Å². The van der Waals surface area contributed by atoms with Crippen molar-refractivity contribution in [2.45, 2.75) is 19.8 Å². The number of hydrogen-bond acceptors (Lipinski definition) is 5. The molecule has 0 aliphatic heterocycles. The molecule has 0 bridgehead atoms. The van der Waals surface area contributed by atoms with Crippen LogP contribution in [-0.2, 0) is 22.4 Å². The minimum Gasteiger partial charge on any atom is -0.497 e. The van der Waals surface area contributed by atoms with Gasteiger partial charge in [0.15, 0.2) is 0 Å². The monoisotopic (exact) mass is 502 g/mol. The Kier molecular flexibility index (Phi) is 10.6. The van der Waals surface area contributed by atoms with E-state index in [1.807, 2.05) is 79.7 Å². The molecule has 0 heterocycles. The average Bonchev–Trinajstić information content (AvgIpc) is 2.93. The van der Waals surface area contributed by atoms with Gasteiger partial charge in [-0.3, -0.25) is 9.59 Å². The molecule has 194 valence electrons. The minimum absolute atomic E-state index is 0.0496. The van der Waals surface area contributed by atoms with Gasteiger partial charge in [-0.05, 0) is 78.9 Å². The van der Waals surface area contributed by atoms with Crippen molar-refractivity contribution in [3.05, 3.63) is 95.1 Å². The zero-order valence-electron chi connectivity index (χ0n) is 21.6. The number of amides is 2. The standard InChI is InChI=1S/C30H34N2O5/c1-4-37-27-15-9-24(10-16-27)21-28(29(33)31-19-17-22-5-11-25(35-2)12-6-22)30(34)32-20-18-23-7-13-26(36-3)14-8-23/h5-16,21H,4,17-20H2,1-3H3,(H,31,33)(H,32,34). The largest absolute Gasteiger partial charge is 0.497 e. The third kappa shape index (κ3) is 8.72. The van der Waals surface area contributed by atoms with Gasteiger partial charge in [-0.2, -0.15) is 0 Å². The molecule has 0 aromatic heterocycles. The first-order valence-corrected chi connectivity index (χ1v) is 12.3. The van der Waals surface area contributed by atoms with Crippen LogP contribution in [-0.4, -0.2) is 45.7 Å². The van der Waals surface area contributed by atoms with Crippen LogP contribution in [0.4, 0.5) is 0 Å². The predicted molar refractivity (Wildman–Crippen MR) is 145 cm³/mol. The summed E-state index contributed by atoms with van der Waals surface area (Å²) in [7, 11) is 3.24. The maximum absolute atomic E-state index is 13.1. The molecule has 7 nitrogen and oxygen atoms in total. The van der Waals surface area contributed by atoms with Gasteiger partial charge in [0.1, 0.15) is 22.8 Å². The van der Waals surface area contributed by atoms with Gasteiger partial charge >= 0.3 is 0 Å². The van der Waals surface area contributed by atoms with Crippen LogP contribution in [0.5, 0.6) is 17.2 Å². The third-order valence-electron chi connectivity index (χ3n) is 5.71. The van der Waals surface area contributed by atoms with Crippen LogP contribution in [0.2, 0.25) is 0 Å². The lowest BCUT2D eigenvalue weighted by Crippen LogP contribution is -2.36. The molecule has 3 aromatic rings. The summed E-state index contributed by atoms with van der Waals surface area (Å²) in [5.74, 6) is 1.43. The summed E-state index contributed by atoms with van der Waals surface area (Å²) in [6.07, 6.45) is 2.86. The van der Waals surface area contributed by atoms with Crippen molar-refractivity contribution in [3.63, 3.8) is 0 Å². The van der Waals surface area contributed by atoms with E-state index in [0.717, 1.165) is 33.9 Å². The Morgan fingerprint density at radius 1 is 0.676 bits per heavy atom. The highest BCUT2D eigenvalue weighted by molar-refractivity contribution is 6.21. The molecule has 3 aromatic carbocycles. The predicted octanol–water partition coefficient (Wildman–Crippen LogP) is 4.20. The van der Waals surface area contributed by atoms with Crippen molar-refractivity contribution in [2.24, 2.45) is 0 Å². The molecule has 0 fully saturated rings. The Hall–Kier alpha value is -4.26. The molecule has 3 rings (SSSR count). The van der Waals surface area contributed by atoms with Crippen molar-refractivity contribution in [2.75, 3.05) is 33.9 Å². The molecule has 0 aliphatic carbocycles. The first-order valence-electron chi connectivity index (χ1n) is 12.3. The Bertz CT molecular complexity index is 1100. The Morgan fingerprint density at radius 2 is 1.11 bits per heavy atom. The van der Waals surface area contributed by atoms with E-state index in [9.17, 15) is 9.59 Å². The summed E-state index contributed by atoms with van der Waals surface area (Å²) in [6, 6.07) is 22.6. The van der Waals surface area contributed by atoms with E-state index in [1.165, 1.54) is 0 Å². The lowest BCUT2D eigenvalue weighted by Gasteiger charge is -2.11. The van der Waals surface area contributed by atoms with Gasteiger partial charge in [-0.1, -0.05) is 36.4 Å². The maximum atomic E-state index is 13.1. The van der Waals surface area contributed by atoms with Crippen molar-refractivity contribution in [1.82, 2.24) is 10.6 Å². The molecule has 37 heavy (non-hydrogen) atoms. The van der Waals surface area contributed by atoms with Gasteiger partial charge in [0, 0.05) is 13.1 Å². The summed E-state index contributed by atoms with van der Waals surface area (Å²) in [5.41, 5.74) is 2.90. The van der Waals surface area contributed by atoms with E-state index < -0.39 is 11.8 Å². The van der Waals surface area contributed by atoms with Crippen molar-refractivity contribution >= 4 is 17.9 Å². The highest BCUT2D eigenvalue weighted by Crippen LogP contribution is 2.16. The third-order valence-corrected chi connectivity index (χ3v) is 5.71. The molecule has 0 aliphatic rings. The highest BCUT2D eigenvalue weighted by Gasteiger charge is 2.18. The first-order chi connectivity index (χ1) is 18.0. The van der Waals surface area contributed by atoms with Crippen LogP contribution in [0.3, 0.4) is 0 Å². The summed E-state index contributed by atoms with van der Waals surface area (Å²) < 4.78 is 15.9. The molecule has 0 radical (unpaired) electrons. The van der Waals surface area contributed by atoms with E-state index in [-0.39, 0.29) is 5.57 Å². The van der Waals surface area contributed by atoms with E-state index in [1.54, 1.807) is 20.3 Å². The fraction of sp³-hybridized carbons (Fsp3) is 0.267. The van der Waals surface area contributed by atoms with Crippen molar-refractivity contribution in [3.8, 4) is 17.2 Å². The van der Waals surface area contributed by atoms with Crippen LogP contribution in [0.15, 0.2) is 78.4 Å². The molecule has 7 heteroatoms. The number of nitrogens with one attached hydrogen (secondary N) is 2. The van der Waals surface area contributed by atoms with E-state index >= 15 is 0 Å². The number of benzene rings is 3. The van der Waals surface area contributed by atoms with Crippen LogP contribution in [0, 0.1) is 0 Å². The van der Waals surface area contributed by atoms with Crippen LogP contribution < -0.4 is 24.8 Å². The Morgan fingerprint density at radius 3 is 1.51 bits per heavy atom.